The summed E-state index contributed by atoms with van der Waals surface area (Å²) in [5, 5.41) is 2.40. The quantitative estimate of drug-likeness (QED) is 0.428. The molecule has 1 aliphatic carbocycles. The van der Waals surface area contributed by atoms with Gasteiger partial charge in [-0.2, -0.15) is 26.3 Å². The van der Waals surface area contributed by atoms with Gasteiger partial charge in [0.15, 0.2) is 0 Å². The third-order valence-electron chi connectivity index (χ3n) is 6.22. The molecule has 1 aliphatic heterocycles. The Hall–Kier alpha value is -2.89. The molecule has 4 rings (SSSR count). The molecule has 2 aromatic carbocycles. The molecule has 0 aromatic heterocycles. The number of amides is 2. The van der Waals surface area contributed by atoms with Crippen molar-refractivity contribution in [2.75, 3.05) is 11.9 Å². The maximum Gasteiger partial charge on any atom is 0.416 e. The Balaban J connectivity index is 1.58. The summed E-state index contributed by atoms with van der Waals surface area (Å²) in [6.45, 7) is -0.472. The van der Waals surface area contributed by atoms with Gasteiger partial charge in [0.2, 0.25) is 5.91 Å². The van der Waals surface area contributed by atoms with Crippen LogP contribution in [0.15, 0.2) is 51.9 Å². The van der Waals surface area contributed by atoms with Crippen LogP contribution in [0.25, 0.3) is 0 Å². The van der Waals surface area contributed by atoms with Crippen molar-refractivity contribution in [1.29, 1.82) is 0 Å². The summed E-state index contributed by atoms with van der Waals surface area (Å²) < 4.78 is 78.3. The van der Waals surface area contributed by atoms with Gasteiger partial charge in [0.25, 0.3) is 5.91 Å². The lowest BCUT2D eigenvalue weighted by atomic mass is 9.88. The van der Waals surface area contributed by atoms with E-state index in [1.54, 1.807) is 0 Å². The van der Waals surface area contributed by atoms with E-state index in [1.165, 1.54) is 23.1 Å². The van der Waals surface area contributed by atoms with Crippen molar-refractivity contribution in [2.45, 2.75) is 50.1 Å². The number of hydrogen-bond acceptors (Lipinski definition) is 3. The summed E-state index contributed by atoms with van der Waals surface area (Å²) in [4.78, 5) is 32.0. The molecule has 0 unspecified atom stereocenters. The number of aliphatic imine (C=N–C) groups is 1. The van der Waals surface area contributed by atoms with E-state index in [0.717, 1.165) is 43.5 Å². The topological polar surface area (TPSA) is 61.8 Å². The highest BCUT2D eigenvalue weighted by Crippen LogP contribution is 2.40. The Morgan fingerprint density at radius 2 is 1.56 bits per heavy atom. The molecule has 1 saturated carbocycles. The third kappa shape index (κ3) is 5.42. The first-order valence-electron chi connectivity index (χ1n) is 11.1. The van der Waals surface area contributed by atoms with Crippen LogP contribution in [0.4, 0.5) is 32.0 Å². The van der Waals surface area contributed by atoms with E-state index in [-0.39, 0.29) is 21.4 Å². The van der Waals surface area contributed by atoms with Crippen molar-refractivity contribution in [3.63, 3.8) is 0 Å². The molecule has 1 N–H and O–H groups in total. The maximum atomic E-state index is 13.3. The van der Waals surface area contributed by atoms with E-state index in [9.17, 15) is 35.9 Å². The Morgan fingerprint density at radius 3 is 2.14 bits per heavy atom. The molecule has 0 bridgehead atoms. The van der Waals surface area contributed by atoms with Crippen molar-refractivity contribution < 1.29 is 35.9 Å². The predicted molar refractivity (Wildman–Crippen MR) is 123 cm³/mol. The minimum Gasteiger partial charge on any atom is -0.324 e. The monoisotopic (exact) mass is 575 g/mol. The van der Waals surface area contributed by atoms with Gasteiger partial charge >= 0.3 is 12.4 Å². The van der Waals surface area contributed by atoms with E-state index < -0.39 is 47.5 Å². The van der Waals surface area contributed by atoms with Crippen LogP contribution in [0.2, 0.25) is 0 Å². The summed E-state index contributed by atoms with van der Waals surface area (Å²) in [7, 11) is 0. The SMILES string of the molecule is O=C(CN1C(=O)C(c2ccc(C(F)(F)F)cc2)=NC12CCCCC2)Nc1cc(Br)cc(C(F)(F)F)c1. The van der Waals surface area contributed by atoms with E-state index in [1.807, 2.05) is 0 Å². The molecule has 2 aliphatic rings. The first kappa shape index (κ1) is 26.2. The third-order valence-corrected chi connectivity index (χ3v) is 6.68. The molecule has 2 amide bonds. The van der Waals surface area contributed by atoms with Gasteiger partial charge in [0.1, 0.15) is 17.9 Å². The van der Waals surface area contributed by atoms with Crippen molar-refractivity contribution in [3.05, 3.63) is 63.6 Å². The normalized spacial score (nSPS) is 17.9. The minimum absolute atomic E-state index is 0.0414. The van der Waals surface area contributed by atoms with Crippen molar-refractivity contribution in [2.24, 2.45) is 4.99 Å². The van der Waals surface area contributed by atoms with Crippen LogP contribution in [-0.4, -0.2) is 34.6 Å². The predicted octanol–water partition coefficient (Wildman–Crippen LogP) is 6.42. The van der Waals surface area contributed by atoms with Gasteiger partial charge in [-0.3, -0.25) is 14.6 Å². The molecule has 1 fully saturated rings. The van der Waals surface area contributed by atoms with Gasteiger partial charge in [-0.15, -0.1) is 0 Å². The summed E-state index contributed by atoms with van der Waals surface area (Å²) in [6, 6.07) is 7.02. The standard InChI is InChI=1S/C24H20BrF6N3O2/c25-17-10-16(24(29,30)31)11-18(12-17)32-19(35)13-34-21(36)20(33-22(34)8-2-1-3-9-22)14-4-6-15(7-5-14)23(26,27)28/h4-7,10-12H,1-3,8-9,13H2,(H,32,35). The van der Waals surface area contributed by atoms with Gasteiger partial charge in [-0.1, -0.05) is 34.5 Å². The van der Waals surface area contributed by atoms with Gasteiger partial charge in [-0.25, -0.2) is 0 Å². The van der Waals surface area contributed by atoms with Crippen molar-refractivity contribution in [3.8, 4) is 0 Å². The number of nitrogens with one attached hydrogen (secondary N) is 1. The number of nitrogens with zero attached hydrogens (tertiary/aromatic N) is 2. The molecular formula is C24H20BrF6N3O2. The van der Waals surface area contributed by atoms with Crippen LogP contribution in [0.3, 0.4) is 0 Å². The van der Waals surface area contributed by atoms with Gasteiger partial charge in [0, 0.05) is 15.7 Å². The number of anilines is 1. The maximum absolute atomic E-state index is 13.3. The molecule has 0 saturated heterocycles. The number of carbonyl (C=O) groups excluding carboxylic acids is 2. The molecule has 0 radical (unpaired) electrons. The minimum atomic E-state index is -4.62. The number of rotatable bonds is 4. The van der Waals surface area contributed by atoms with Crippen LogP contribution in [0, 0.1) is 0 Å². The smallest absolute Gasteiger partial charge is 0.324 e. The van der Waals surface area contributed by atoms with E-state index >= 15 is 0 Å². The first-order valence-corrected chi connectivity index (χ1v) is 11.8. The van der Waals surface area contributed by atoms with Crippen molar-refractivity contribution >= 4 is 39.1 Å². The van der Waals surface area contributed by atoms with E-state index in [4.69, 9.17) is 0 Å². The molecule has 12 heteroatoms. The highest BCUT2D eigenvalue weighted by molar-refractivity contribution is 9.10. The lowest BCUT2D eigenvalue weighted by molar-refractivity contribution is -0.138. The Kier molecular flexibility index (Phi) is 6.93. The Morgan fingerprint density at radius 1 is 0.944 bits per heavy atom. The summed E-state index contributed by atoms with van der Waals surface area (Å²) in [5.74, 6) is -1.33. The number of hydrogen-bond donors (Lipinski definition) is 1. The largest absolute Gasteiger partial charge is 0.416 e. The van der Waals surface area contributed by atoms with Crippen LogP contribution < -0.4 is 5.32 Å². The fraction of sp³-hybridized carbons (Fsp3) is 0.375. The zero-order valence-corrected chi connectivity index (χ0v) is 20.2. The second kappa shape index (κ2) is 9.53. The average Bonchev–Trinajstić information content (AvgIpc) is 3.04. The molecule has 1 spiro atoms. The number of carbonyl (C=O) groups is 2. The van der Waals surface area contributed by atoms with Crippen LogP contribution in [-0.2, 0) is 21.9 Å². The highest BCUT2D eigenvalue weighted by Gasteiger charge is 2.48. The molecule has 0 atom stereocenters. The van der Waals surface area contributed by atoms with Crippen molar-refractivity contribution in [1.82, 2.24) is 4.90 Å². The van der Waals surface area contributed by atoms with Crippen LogP contribution in [0.1, 0.15) is 48.8 Å². The number of alkyl halides is 6. The van der Waals surface area contributed by atoms with E-state index in [0.29, 0.717) is 12.8 Å². The highest BCUT2D eigenvalue weighted by atomic mass is 79.9. The van der Waals surface area contributed by atoms with Gasteiger partial charge < -0.3 is 10.2 Å². The van der Waals surface area contributed by atoms with Crippen LogP contribution >= 0.6 is 15.9 Å². The molecule has 5 nitrogen and oxygen atoms in total. The summed E-state index contributed by atoms with van der Waals surface area (Å²) >= 11 is 3.00. The fourth-order valence-corrected chi connectivity index (χ4v) is 5.02. The van der Waals surface area contributed by atoms with Gasteiger partial charge in [-0.05, 0) is 56.0 Å². The number of halogens is 7. The second-order valence-electron chi connectivity index (χ2n) is 8.74. The van der Waals surface area contributed by atoms with Crippen LogP contribution in [0.5, 0.6) is 0 Å². The summed E-state index contributed by atoms with van der Waals surface area (Å²) in [5.41, 5.74) is -2.80. The molecule has 2 aromatic rings. The summed E-state index contributed by atoms with van der Waals surface area (Å²) in [6.07, 6.45) is -5.86. The lowest BCUT2D eigenvalue weighted by Crippen LogP contribution is -2.51. The second-order valence-corrected chi connectivity index (χ2v) is 9.66. The lowest BCUT2D eigenvalue weighted by Gasteiger charge is -2.38. The molecular weight excluding hydrogens is 556 g/mol. The molecule has 1 heterocycles. The first-order chi connectivity index (χ1) is 16.8. The van der Waals surface area contributed by atoms with E-state index in [2.05, 4.69) is 26.2 Å². The Bertz CT molecular complexity index is 1200. The number of benzene rings is 2. The molecule has 192 valence electrons. The fourth-order valence-electron chi connectivity index (χ4n) is 4.53. The average molecular weight is 576 g/mol. The zero-order valence-electron chi connectivity index (χ0n) is 18.6. The molecule has 36 heavy (non-hydrogen) atoms. The van der Waals surface area contributed by atoms with Gasteiger partial charge in [0.05, 0.1) is 11.1 Å². The Labute approximate surface area is 210 Å². The zero-order chi connectivity index (χ0) is 26.3.